The first kappa shape index (κ1) is 16.6. The number of hydrogen-bond donors (Lipinski definition) is 0. The van der Waals surface area contributed by atoms with Crippen LogP contribution in [0.5, 0.6) is 0 Å². The van der Waals surface area contributed by atoms with Gasteiger partial charge in [-0.3, -0.25) is 4.79 Å². The molecule has 128 valence electrons. The molecular formula is C20H19ClN2OS. The maximum Gasteiger partial charge on any atom is 0.255 e. The van der Waals surface area contributed by atoms with E-state index in [1.54, 1.807) is 0 Å². The first-order valence-corrected chi connectivity index (χ1v) is 9.87. The van der Waals surface area contributed by atoms with Gasteiger partial charge >= 0.3 is 0 Å². The molecule has 1 saturated heterocycles. The molecule has 5 heteroatoms. The van der Waals surface area contributed by atoms with Crippen molar-refractivity contribution in [3.8, 4) is 0 Å². The maximum absolute atomic E-state index is 12.9. The Balaban J connectivity index is 1.50. The molecule has 1 aromatic carbocycles. The number of rotatable bonds is 2. The third-order valence-corrected chi connectivity index (χ3v) is 6.29. The monoisotopic (exact) mass is 370 g/mol. The molecule has 1 fully saturated rings. The number of carbonyl (C=O) groups excluding carboxylic acids is 1. The van der Waals surface area contributed by atoms with Gasteiger partial charge in [-0.15, -0.1) is 0 Å². The van der Waals surface area contributed by atoms with Crippen molar-refractivity contribution in [2.75, 3.05) is 18.8 Å². The van der Waals surface area contributed by atoms with E-state index in [1.807, 2.05) is 75.9 Å². The predicted octanol–water partition coefficient (Wildman–Crippen LogP) is 4.91. The molecule has 1 aliphatic rings. The number of nitrogens with zero attached hydrogens (tertiary/aromatic N) is 2. The second kappa shape index (κ2) is 7.14. The summed E-state index contributed by atoms with van der Waals surface area (Å²) in [5.74, 6) is 1.04. The van der Waals surface area contributed by atoms with E-state index in [4.69, 9.17) is 11.6 Å². The number of pyridine rings is 1. The van der Waals surface area contributed by atoms with Crippen LogP contribution in [0, 0.1) is 0 Å². The van der Waals surface area contributed by atoms with Gasteiger partial charge in [0.25, 0.3) is 5.91 Å². The van der Waals surface area contributed by atoms with Gasteiger partial charge in [0.05, 0.1) is 5.56 Å². The average Bonchev–Trinajstić information content (AvgIpc) is 2.92. The zero-order valence-corrected chi connectivity index (χ0v) is 15.3. The molecule has 0 bridgehead atoms. The van der Waals surface area contributed by atoms with Gasteiger partial charge in [-0.25, -0.2) is 0 Å². The summed E-state index contributed by atoms with van der Waals surface area (Å²) in [6, 6.07) is 16.0. The molecule has 3 heterocycles. The van der Waals surface area contributed by atoms with Crippen LogP contribution in [-0.2, 0) is 0 Å². The third kappa shape index (κ3) is 3.42. The highest BCUT2D eigenvalue weighted by atomic mass is 35.5. The van der Waals surface area contributed by atoms with E-state index in [0.29, 0.717) is 5.25 Å². The minimum absolute atomic E-state index is 0.115. The van der Waals surface area contributed by atoms with E-state index in [0.717, 1.165) is 41.4 Å². The highest BCUT2D eigenvalue weighted by molar-refractivity contribution is 7.99. The Kier molecular flexibility index (Phi) is 4.73. The SMILES string of the molecule is O=C(c1cc2ccccn2c1)N1CCS[C@H](c2ccccc2Cl)CC1. The normalized spacial score (nSPS) is 18.3. The Labute approximate surface area is 156 Å². The number of benzene rings is 1. The lowest BCUT2D eigenvalue weighted by atomic mass is 10.1. The smallest absolute Gasteiger partial charge is 0.255 e. The van der Waals surface area contributed by atoms with Crippen molar-refractivity contribution in [2.45, 2.75) is 11.7 Å². The van der Waals surface area contributed by atoms with Crippen LogP contribution in [0.2, 0.25) is 5.02 Å². The molecule has 1 atom stereocenters. The predicted molar refractivity (Wildman–Crippen MR) is 105 cm³/mol. The quantitative estimate of drug-likeness (QED) is 0.640. The van der Waals surface area contributed by atoms with Gasteiger partial charge in [0.15, 0.2) is 0 Å². The summed E-state index contributed by atoms with van der Waals surface area (Å²) in [7, 11) is 0. The molecule has 0 N–H and O–H groups in total. The Morgan fingerprint density at radius 2 is 1.96 bits per heavy atom. The fraction of sp³-hybridized carbons (Fsp3) is 0.250. The highest BCUT2D eigenvalue weighted by Gasteiger charge is 2.24. The van der Waals surface area contributed by atoms with E-state index in [1.165, 1.54) is 5.56 Å². The Hall–Kier alpha value is -1.91. The standard InChI is InChI=1S/C20H19ClN2OS/c21-18-7-2-1-6-17(18)19-8-10-22(11-12-25-19)20(24)15-13-16-5-3-4-9-23(16)14-15/h1-7,9,13-14,19H,8,10-12H2/t19-/m0/s1. The van der Waals surface area contributed by atoms with Crippen LogP contribution >= 0.6 is 23.4 Å². The van der Waals surface area contributed by atoms with Crippen molar-refractivity contribution >= 4 is 34.8 Å². The molecule has 0 radical (unpaired) electrons. The summed E-state index contributed by atoms with van der Waals surface area (Å²) in [5, 5.41) is 1.16. The molecule has 1 aliphatic heterocycles. The van der Waals surface area contributed by atoms with Gasteiger partial charge < -0.3 is 9.30 Å². The van der Waals surface area contributed by atoms with Crippen molar-refractivity contribution in [3.63, 3.8) is 0 Å². The first-order chi connectivity index (χ1) is 12.2. The van der Waals surface area contributed by atoms with Crippen molar-refractivity contribution < 1.29 is 4.79 Å². The molecule has 4 rings (SSSR count). The van der Waals surface area contributed by atoms with Gasteiger partial charge in [0, 0.05) is 47.0 Å². The lowest BCUT2D eigenvalue weighted by Crippen LogP contribution is -2.32. The van der Waals surface area contributed by atoms with Crippen LogP contribution in [0.15, 0.2) is 60.9 Å². The molecule has 0 aliphatic carbocycles. The van der Waals surface area contributed by atoms with Crippen molar-refractivity contribution in [2.24, 2.45) is 0 Å². The third-order valence-electron chi connectivity index (χ3n) is 4.63. The largest absolute Gasteiger partial charge is 0.338 e. The van der Waals surface area contributed by atoms with Crippen LogP contribution in [0.1, 0.15) is 27.6 Å². The van der Waals surface area contributed by atoms with Gasteiger partial charge in [0.1, 0.15) is 0 Å². The summed E-state index contributed by atoms with van der Waals surface area (Å²) < 4.78 is 1.99. The van der Waals surface area contributed by atoms with Gasteiger partial charge in [-0.2, -0.15) is 11.8 Å². The minimum Gasteiger partial charge on any atom is -0.338 e. The van der Waals surface area contributed by atoms with Gasteiger partial charge in [-0.05, 0) is 36.2 Å². The Morgan fingerprint density at radius 3 is 2.80 bits per heavy atom. The molecule has 25 heavy (non-hydrogen) atoms. The maximum atomic E-state index is 12.9. The van der Waals surface area contributed by atoms with Crippen LogP contribution in [-0.4, -0.2) is 34.1 Å². The van der Waals surface area contributed by atoms with E-state index in [-0.39, 0.29) is 5.91 Å². The summed E-state index contributed by atoms with van der Waals surface area (Å²) in [5.41, 5.74) is 2.98. The molecule has 0 spiro atoms. The fourth-order valence-corrected chi connectivity index (χ4v) is 4.91. The number of hydrogen-bond acceptors (Lipinski definition) is 2. The van der Waals surface area contributed by atoms with Crippen molar-refractivity contribution in [1.29, 1.82) is 0 Å². The average molecular weight is 371 g/mol. The van der Waals surface area contributed by atoms with Crippen LogP contribution in [0.3, 0.4) is 0 Å². The highest BCUT2D eigenvalue weighted by Crippen LogP contribution is 2.38. The van der Waals surface area contributed by atoms with E-state index in [2.05, 4.69) is 6.07 Å². The lowest BCUT2D eigenvalue weighted by Gasteiger charge is -2.20. The molecule has 0 unspecified atom stereocenters. The summed E-state index contributed by atoms with van der Waals surface area (Å²) in [6.07, 6.45) is 4.81. The molecule has 3 aromatic rings. The Morgan fingerprint density at radius 1 is 1.12 bits per heavy atom. The van der Waals surface area contributed by atoms with Crippen LogP contribution < -0.4 is 0 Å². The van der Waals surface area contributed by atoms with Crippen molar-refractivity contribution in [3.05, 3.63) is 77.1 Å². The van der Waals surface area contributed by atoms with E-state index < -0.39 is 0 Å². The van der Waals surface area contributed by atoms with E-state index >= 15 is 0 Å². The van der Waals surface area contributed by atoms with Crippen molar-refractivity contribution in [1.82, 2.24) is 9.30 Å². The fourth-order valence-electron chi connectivity index (χ4n) is 3.31. The second-order valence-corrected chi connectivity index (χ2v) is 7.94. The van der Waals surface area contributed by atoms with Crippen LogP contribution in [0.4, 0.5) is 0 Å². The van der Waals surface area contributed by atoms with Gasteiger partial charge in [0.2, 0.25) is 0 Å². The minimum atomic E-state index is 0.115. The zero-order valence-electron chi connectivity index (χ0n) is 13.8. The van der Waals surface area contributed by atoms with E-state index in [9.17, 15) is 4.79 Å². The molecule has 3 nitrogen and oxygen atoms in total. The van der Waals surface area contributed by atoms with Gasteiger partial charge in [-0.1, -0.05) is 35.9 Å². The molecule has 0 saturated carbocycles. The molecular weight excluding hydrogens is 352 g/mol. The second-order valence-electron chi connectivity index (χ2n) is 6.22. The molecule has 1 amide bonds. The zero-order chi connectivity index (χ0) is 17.2. The number of aromatic nitrogens is 1. The topological polar surface area (TPSA) is 24.7 Å². The number of thioether (sulfide) groups is 1. The summed E-state index contributed by atoms with van der Waals surface area (Å²) in [4.78, 5) is 14.9. The number of amides is 1. The first-order valence-electron chi connectivity index (χ1n) is 8.44. The van der Waals surface area contributed by atoms with Crippen LogP contribution in [0.25, 0.3) is 5.52 Å². The summed E-state index contributed by atoms with van der Waals surface area (Å²) in [6.45, 7) is 1.53. The number of fused-ring (bicyclic) bond motifs is 1. The molecule has 2 aromatic heterocycles. The number of carbonyl (C=O) groups is 1. The Bertz CT molecular complexity index is 874. The number of halogens is 1. The summed E-state index contributed by atoms with van der Waals surface area (Å²) >= 11 is 8.24. The lowest BCUT2D eigenvalue weighted by molar-refractivity contribution is 0.0766.